The Labute approximate surface area is 122 Å². The number of rotatable bonds is 6. The van der Waals surface area contributed by atoms with Crippen molar-refractivity contribution in [1.29, 1.82) is 0 Å². The maximum Gasteiger partial charge on any atom is 0.321 e. The van der Waals surface area contributed by atoms with Gasteiger partial charge >= 0.3 is 12.0 Å². The van der Waals surface area contributed by atoms with Gasteiger partial charge in [-0.3, -0.25) is 14.9 Å². The molecular formula is C11H13BrN2O4S. The number of hydrogen-bond acceptors (Lipinski definition) is 4. The van der Waals surface area contributed by atoms with Crippen LogP contribution in [0.1, 0.15) is 24.1 Å². The fourth-order valence-corrected chi connectivity index (χ4v) is 2.68. The number of halogens is 1. The minimum Gasteiger partial charge on any atom is -0.481 e. The van der Waals surface area contributed by atoms with Gasteiger partial charge in [0, 0.05) is 22.2 Å². The second-order valence-electron chi connectivity index (χ2n) is 3.67. The van der Waals surface area contributed by atoms with Crippen LogP contribution in [0.25, 0.3) is 0 Å². The van der Waals surface area contributed by atoms with E-state index in [2.05, 4.69) is 26.6 Å². The quantitative estimate of drug-likeness (QED) is 0.733. The number of carbonyl (C=O) groups excluding carboxylic acids is 2. The van der Waals surface area contributed by atoms with Gasteiger partial charge in [0.2, 0.25) is 5.91 Å². The van der Waals surface area contributed by atoms with E-state index < -0.39 is 17.9 Å². The van der Waals surface area contributed by atoms with E-state index in [0.717, 1.165) is 9.35 Å². The van der Waals surface area contributed by atoms with E-state index in [1.165, 1.54) is 11.3 Å². The van der Waals surface area contributed by atoms with Gasteiger partial charge in [-0.1, -0.05) is 0 Å². The third-order valence-corrected chi connectivity index (χ3v) is 4.07. The molecule has 0 unspecified atom stereocenters. The van der Waals surface area contributed by atoms with E-state index in [1.807, 2.05) is 11.4 Å². The molecule has 1 aromatic rings. The Kier molecular flexibility index (Phi) is 6.51. The number of aliphatic carboxylic acids is 1. The Morgan fingerprint density at radius 2 is 2.05 bits per heavy atom. The number of imide groups is 1. The first-order valence-corrected chi connectivity index (χ1v) is 7.17. The normalized spacial score (nSPS) is 9.95. The van der Waals surface area contributed by atoms with E-state index in [-0.39, 0.29) is 19.3 Å². The molecule has 0 aromatic carbocycles. The van der Waals surface area contributed by atoms with Crippen LogP contribution in [0.3, 0.4) is 0 Å². The molecule has 1 rings (SSSR count). The molecule has 1 heterocycles. The molecule has 8 heteroatoms. The van der Waals surface area contributed by atoms with Crippen molar-refractivity contribution in [3.8, 4) is 0 Å². The largest absolute Gasteiger partial charge is 0.481 e. The molecule has 0 fully saturated rings. The Hall–Kier alpha value is -1.41. The molecule has 3 amide bonds. The summed E-state index contributed by atoms with van der Waals surface area (Å²) in [7, 11) is 0. The summed E-state index contributed by atoms with van der Waals surface area (Å²) in [4.78, 5) is 33.9. The molecule has 0 saturated heterocycles. The maximum absolute atomic E-state index is 11.4. The monoisotopic (exact) mass is 348 g/mol. The van der Waals surface area contributed by atoms with Crippen LogP contribution >= 0.6 is 27.3 Å². The zero-order chi connectivity index (χ0) is 14.3. The average Bonchev–Trinajstić information content (AvgIpc) is 2.71. The van der Waals surface area contributed by atoms with Crippen molar-refractivity contribution in [2.24, 2.45) is 0 Å². The minimum absolute atomic E-state index is 0.0163. The molecule has 19 heavy (non-hydrogen) atoms. The van der Waals surface area contributed by atoms with Crippen LogP contribution in [-0.4, -0.2) is 23.0 Å². The number of amides is 3. The lowest BCUT2D eigenvalue weighted by Gasteiger charge is -2.05. The van der Waals surface area contributed by atoms with Crippen LogP contribution < -0.4 is 10.6 Å². The van der Waals surface area contributed by atoms with Crippen molar-refractivity contribution in [3.05, 3.63) is 20.8 Å². The number of urea groups is 1. The van der Waals surface area contributed by atoms with Crippen molar-refractivity contribution < 1.29 is 19.5 Å². The molecule has 104 valence electrons. The summed E-state index contributed by atoms with van der Waals surface area (Å²) in [6, 6.07) is 1.29. The summed E-state index contributed by atoms with van der Waals surface area (Å²) in [5.41, 5.74) is 0. The summed E-state index contributed by atoms with van der Waals surface area (Å²) >= 11 is 4.82. The standard InChI is InChI=1S/C11H13BrN2O4S/c12-7-4-5-19-8(7)6-13-11(18)14-9(15)2-1-3-10(16)17/h4-5H,1-3,6H2,(H,16,17)(H2,13,14,15,18). The Balaban J connectivity index is 2.22. The molecule has 6 nitrogen and oxygen atoms in total. The summed E-state index contributed by atoms with van der Waals surface area (Å²) < 4.78 is 0.908. The molecular weight excluding hydrogens is 336 g/mol. The predicted molar refractivity (Wildman–Crippen MR) is 73.9 cm³/mol. The Morgan fingerprint density at radius 3 is 2.63 bits per heavy atom. The zero-order valence-electron chi connectivity index (χ0n) is 9.94. The zero-order valence-corrected chi connectivity index (χ0v) is 12.3. The first-order valence-electron chi connectivity index (χ1n) is 5.50. The molecule has 1 aromatic heterocycles. The fraction of sp³-hybridized carbons (Fsp3) is 0.364. The van der Waals surface area contributed by atoms with Gasteiger partial charge in [0.25, 0.3) is 0 Å². The first-order chi connectivity index (χ1) is 8.99. The van der Waals surface area contributed by atoms with Crippen molar-refractivity contribution in [2.75, 3.05) is 0 Å². The molecule has 0 aliphatic rings. The SMILES string of the molecule is O=C(O)CCCC(=O)NC(=O)NCc1sccc1Br. The third kappa shape index (κ3) is 6.35. The highest BCUT2D eigenvalue weighted by Gasteiger charge is 2.09. The van der Waals surface area contributed by atoms with Crippen LogP contribution in [0, 0.1) is 0 Å². The highest BCUT2D eigenvalue weighted by molar-refractivity contribution is 9.10. The molecule has 3 N–H and O–H groups in total. The van der Waals surface area contributed by atoms with E-state index in [1.54, 1.807) is 0 Å². The first kappa shape index (κ1) is 15.6. The van der Waals surface area contributed by atoms with E-state index in [4.69, 9.17) is 5.11 Å². The van der Waals surface area contributed by atoms with Crippen LogP contribution in [0.4, 0.5) is 4.79 Å². The molecule has 0 aliphatic heterocycles. The summed E-state index contributed by atoms with van der Waals surface area (Å²) in [6.07, 6.45) is 0.143. The van der Waals surface area contributed by atoms with E-state index in [0.29, 0.717) is 6.54 Å². The van der Waals surface area contributed by atoms with Gasteiger partial charge in [-0.25, -0.2) is 4.79 Å². The fourth-order valence-electron chi connectivity index (χ4n) is 1.25. The van der Waals surface area contributed by atoms with Gasteiger partial charge in [0.05, 0.1) is 6.54 Å². The van der Waals surface area contributed by atoms with Gasteiger partial charge in [0.15, 0.2) is 0 Å². The minimum atomic E-state index is -0.959. The molecule has 0 atom stereocenters. The number of carboxylic acid groups (broad SMARTS) is 1. The van der Waals surface area contributed by atoms with Crippen molar-refractivity contribution in [2.45, 2.75) is 25.8 Å². The third-order valence-electron chi connectivity index (χ3n) is 2.15. The van der Waals surface area contributed by atoms with Gasteiger partial charge in [-0.15, -0.1) is 11.3 Å². The van der Waals surface area contributed by atoms with Crippen LogP contribution in [0.5, 0.6) is 0 Å². The lowest BCUT2D eigenvalue weighted by atomic mass is 10.2. The Bertz CT molecular complexity index is 475. The highest BCUT2D eigenvalue weighted by atomic mass is 79.9. The second kappa shape index (κ2) is 7.90. The summed E-state index contributed by atoms with van der Waals surface area (Å²) in [5, 5.41) is 15.0. The number of thiophene rings is 1. The van der Waals surface area contributed by atoms with E-state index in [9.17, 15) is 14.4 Å². The van der Waals surface area contributed by atoms with Crippen LogP contribution in [-0.2, 0) is 16.1 Å². The predicted octanol–water partition coefficient (Wildman–Crippen LogP) is 2.09. The molecule has 0 spiro atoms. The maximum atomic E-state index is 11.4. The highest BCUT2D eigenvalue weighted by Crippen LogP contribution is 2.21. The lowest BCUT2D eigenvalue weighted by Crippen LogP contribution is -2.38. The van der Waals surface area contributed by atoms with Gasteiger partial charge < -0.3 is 10.4 Å². The van der Waals surface area contributed by atoms with Gasteiger partial charge in [-0.05, 0) is 33.8 Å². The number of carboxylic acids is 1. The van der Waals surface area contributed by atoms with Crippen LogP contribution in [0.2, 0.25) is 0 Å². The molecule has 0 bridgehead atoms. The van der Waals surface area contributed by atoms with Gasteiger partial charge in [-0.2, -0.15) is 0 Å². The number of hydrogen-bond donors (Lipinski definition) is 3. The van der Waals surface area contributed by atoms with Crippen LogP contribution in [0.15, 0.2) is 15.9 Å². The lowest BCUT2D eigenvalue weighted by molar-refractivity contribution is -0.137. The topological polar surface area (TPSA) is 95.5 Å². The number of nitrogens with one attached hydrogen (secondary N) is 2. The summed E-state index contributed by atoms with van der Waals surface area (Å²) in [6.45, 7) is 0.326. The van der Waals surface area contributed by atoms with Crippen molar-refractivity contribution in [3.63, 3.8) is 0 Å². The van der Waals surface area contributed by atoms with E-state index >= 15 is 0 Å². The smallest absolute Gasteiger partial charge is 0.321 e. The van der Waals surface area contributed by atoms with Gasteiger partial charge in [0.1, 0.15) is 0 Å². The molecule has 0 saturated carbocycles. The number of carbonyl (C=O) groups is 3. The molecule has 0 aliphatic carbocycles. The summed E-state index contributed by atoms with van der Waals surface area (Å²) in [5.74, 6) is -1.44. The second-order valence-corrected chi connectivity index (χ2v) is 5.52. The average molecular weight is 349 g/mol. The molecule has 0 radical (unpaired) electrons. The van der Waals surface area contributed by atoms with Crippen molar-refractivity contribution >= 4 is 45.2 Å². The van der Waals surface area contributed by atoms with Crippen molar-refractivity contribution in [1.82, 2.24) is 10.6 Å². The Morgan fingerprint density at radius 1 is 1.32 bits per heavy atom.